The number of hydrogen-bond donors (Lipinski definition) is 0. The smallest absolute Gasteiger partial charge is 0.0707 e. The van der Waals surface area contributed by atoms with Gasteiger partial charge in [-0.2, -0.15) is 10.1 Å². The molecule has 3 rings (SSSR count). The fourth-order valence-corrected chi connectivity index (χ4v) is 3.98. The molecule has 0 N–H and O–H groups in total. The van der Waals surface area contributed by atoms with Crippen LogP contribution in [0, 0.1) is 27.7 Å². The molecule has 2 aromatic carbocycles. The first-order chi connectivity index (χ1) is 13.5. The van der Waals surface area contributed by atoms with Crippen LogP contribution in [0.2, 0.25) is 0 Å². The third kappa shape index (κ3) is 6.71. The summed E-state index contributed by atoms with van der Waals surface area (Å²) in [5, 5.41) is 4.24. The first-order valence-electron chi connectivity index (χ1n) is 10.4. The van der Waals surface area contributed by atoms with Gasteiger partial charge < -0.3 is 0 Å². The topological polar surface area (TPSA) is 24.9 Å². The van der Waals surface area contributed by atoms with Crippen LogP contribution in [0.1, 0.15) is 46.2 Å². The molecule has 1 saturated heterocycles. The number of nitrogens with zero attached hydrogens (tertiary/aromatic N) is 2. The summed E-state index contributed by atoms with van der Waals surface area (Å²) in [4.78, 5) is 12.0. The minimum Gasteiger partial charge on any atom is -0.299 e. The highest BCUT2D eigenvalue weighted by Crippen LogP contribution is 2.15. The number of hydrogen-bond acceptors (Lipinski definition) is 4. The zero-order chi connectivity index (χ0) is 19.9. The SMILES string of the molecule is Cc1cc(C)cc(CN2CCCN(Cc3cc(C)cc(C)c3)OCCCO2)c1. The van der Waals surface area contributed by atoms with Crippen molar-refractivity contribution in [3.8, 4) is 0 Å². The number of benzene rings is 2. The first kappa shape index (κ1) is 21.0. The van der Waals surface area contributed by atoms with E-state index in [2.05, 4.69) is 74.2 Å². The molecule has 0 bridgehead atoms. The van der Waals surface area contributed by atoms with Gasteiger partial charge in [-0.25, -0.2) is 0 Å². The van der Waals surface area contributed by atoms with E-state index in [-0.39, 0.29) is 0 Å². The minimum absolute atomic E-state index is 0.697. The van der Waals surface area contributed by atoms with Crippen molar-refractivity contribution in [2.45, 2.75) is 53.6 Å². The van der Waals surface area contributed by atoms with Crippen molar-refractivity contribution in [1.82, 2.24) is 10.1 Å². The Morgan fingerprint density at radius 1 is 0.607 bits per heavy atom. The van der Waals surface area contributed by atoms with Gasteiger partial charge in [-0.15, -0.1) is 0 Å². The van der Waals surface area contributed by atoms with Crippen LogP contribution in [0.25, 0.3) is 0 Å². The van der Waals surface area contributed by atoms with Crippen molar-refractivity contribution in [3.63, 3.8) is 0 Å². The Balaban J connectivity index is 1.58. The van der Waals surface area contributed by atoms with Gasteiger partial charge >= 0.3 is 0 Å². The molecular formula is C24H34N2O2. The molecular weight excluding hydrogens is 348 g/mol. The number of rotatable bonds is 4. The zero-order valence-electron chi connectivity index (χ0n) is 17.8. The summed E-state index contributed by atoms with van der Waals surface area (Å²) in [7, 11) is 0. The highest BCUT2D eigenvalue weighted by molar-refractivity contribution is 5.29. The van der Waals surface area contributed by atoms with Gasteiger partial charge in [0.15, 0.2) is 0 Å². The summed E-state index contributed by atoms with van der Waals surface area (Å²) in [6.45, 7) is 13.5. The lowest BCUT2D eigenvalue weighted by molar-refractivity contribution is -0.209. The molecule has 0 saturated carbocycles. The van der Waals surface area contributed by atoms with Crippen molar-refractivity contribution in [2.24, 2.45) is 0 Å². The van der Waals surface area contributed by atoms with E-state index in [1.807, 2.05) is 0 Å². The molecule has 1 aliphatic heterocycles. The molecule has 1 fully saturated rings. The highest BCUT2D eigenvalue weighted by atomic mass is 16.7. The lowest BCUT2D eigenvalue weighted by atomic mass is 10.1. The van der Waals surface area contributed by atoms with Crippen LogP contribution in [-0.4, -0.2) is 36.4 Å². The lowest BCUT2D eigenvalue weighted by Crippen LogP contribution is -2.33. The second kappa shape index (κ2) is 10.2. The average Bonchev–Trinajstić information content (AvgIpc) is 2.59. The fourth-order valence-electron chi connectivity index (χ4n) is 3.98. The van der Waals surface area contributed by atoms with E-state index >= 15 is 0 Å². The summed E-state index contributed by atoms with van der Waals surface area (Å²) < 4.78 is 0. The molecule has 0 amide bonds. The molecule has 0 radical (unpaired) electrons. The van der Waals surface area contributed by atoms with E-state index in [1.54, 1.807) is 0 Å². The van der Waals surface area contributed by atoms with Crippen LogP contribution < -0.4 is 0 Å². The van der Waals surface area contributed by atoms with E-state index in [9.17, 15) is 0 Å². The van der Waals surface area contributed by atoms with Crippen LogP contribution in [0.3, 0.4) is 0 Å². The molecule has 1 aliphatic rings. The van der Waals surface area contributed by atoms with Gasteiger partial charge in [0.2, 0.25) is 0 Å². The first-order valence-corrected chi connectivity index (χ1v) is 10.4. The van der Waals surface area contributed by atoms with E-state index in [1.165, 1.54) is 33.4 Å². The third-order valence-corrected chi connectivity index (χ3v) is 4.93. The maximum atomic E-state index is 6.02. The molecule has 4 heteroatoms. The highest BCUT2D eigenvalue weighted by Gasteiger charge is 2.13. The van der Waals surface area contributed by atoms with Crippen LogP contribution >= 0.6 is 0 Å². The Labute approximate surface area is 170 Å². The summed E-state index contributed by atoms with van der Waals surface area (Å²) in [6.07, 6.45) is 1.91. The van der Waals surface area contributed by atoms with E-state index < -0.39 is 0 Å². The largest absolute Gasteiger partial charge is 0.299 e. The standard InChI is InChI=1S/C24H34N2O2/c1-19-11-20(2)14-23(13-19)17-25-7-5-8-26(28-10-6-9-27-25)18-24-15-21(3)12-22(4)16-24/h11-16H,5-10,17-18H2,1-4H3. The van der Waals surface area contributed by atoms with E-state index in [4.69, 9.17) is 9.68 Å². The maximum Gasteiger partial charge on any atom is 0.0707 e. The Morgan fingerprint density at radius 2 is 1.00 bits per heavy atom. The number of hydroxylamine groups is 4. The Morgan fingerprint density at radius 3 is 1.39 bits per heavy atom. The van der Waals surface area contributed by atoms with Crippen molar-refractivity contribution in [3.05, 3.63) is 69.8 Å². The average molecular weight is 383 g/mol. The summed E-state index contributed by atoms with van der Waals surface area (Å²) in [5.74, 6) is 0. The maximum absolute atomic E-state index is 6.02. The number of aryl methyl sites for hydroxylation is 4. The predicted octanol–water partition coefficient (Wildman–Crippen LogP) is 4.88. The van der Waals surface area contributed by atoms with Crippen LogP contribution in [0.5, 0.6) is 0 Å². The van der Waals surface area contributed by atoms with Crippen LogP contribution in [0.15, 0.2) is 36.4 Å². The van der Waals surface area contributed by atoms with E-state index in [0.29, 0.717) is 13.2 Å². The van der Waals surface area contributed by atoms with Crippen LogP contribution in [-0.2, 0) is 22.8 Å². The molecule has 2 aromatic rings. The van der Waals surface area contributed by atoms with Gasteiger partial charge in [-0.05, 0) is 51.7 Å². The van der Waals surface area contributed by atoms with Crippen molar-refractivity contribution >= 4 is 0 Å². The second-order valence-electron chi connectivity index (χ2n) is 8.09. The molecule has 0 unspecified atom stereocenters. The third-order valence-electron chi connectivity index (χ3n) is 4.93. The van der Waals surface area contributed by atoms with Gasteiger partial charge in [0.1, 0.15) is 0 Å². The predicted molar refractivity (Wildman–Crippen MR) is 114 cm³/mol. The van der Waals surface area contributed by atoms with Gasteiger partial charge in [0.05, 0.1) is 13.2 Å². The molecule has 0 aromatic heterocycles. The van der Waals surface area contributed by atoms with Crippen molar-refractivity contribution in [1.29, 1.82) is 0 Å². The Bertz CT molecular complexity index is 671. The molecule has 28 heavy (non-hydrogen) atoms. The quantitative estimate of drug-likeness (QED) is 0.752. The molecule has 0 spiro atoms. The monoisotopic (exact) mass is 382 g/mol. The fraction of sp³-hybridized carbons (Fsp3) is 0.500. The van der Waals surface area contributed by atoms with Gasteiger partial charge in [0.25, 0.3) is 0 Å². The van der Waals surface area contributed by atoms with Crippen LogP contribution in [0.4, 0.5) is 0 Å². The lowest BCUT2D eigenvalue weighted by Gasteiger charge is -2.28. The van der Waals surface area contributed by atoms with Crippen molar-refractivity contribution in [2.75, 3.05) is 26.3 Å². The molecule has 1 heterocycles. The van der Waals surface area contributed by atoms with Gasteiger partial charge in [0, 0.05) is 26.2 Å². The normalized spacial score (nSPS) is 17.6. The summed E-state index contributed by atoms with van der Waals surface area (Å²) >= 11 is 0. The Kier molecular flexibility index (Phi) is 7.63. The van der Waals surface area contributed by atoms with Crippen molar-refractivity contribution < 1.29 is 9.68 Å². The van der Waals surface area contributed by atoms with Gasteiger partial charge in [-0.1, -0.05) is 58.7 Å². The minimum atomic E-state index is 0.697. The molecule has 152 valence electrons. The second-order valence-corrected chi connectivity index (χ2v) is 8.09. The zero-order valence-corrected chi connectivity index (χ0v) is 17.8. The molecule has 4 nitrogen and oxygen atoms in total. The van der Waals surface area contributed by atoms with Gasteiger partial charge in [-0.3, -0.25) is 9.68 Å². The summed E-state index contributed by atoms with van der Waals surface area (Å²) in [5.41, 5.74) is 7.87. The molecule has 0 atom stereocenters. The Hall–Kier alpha value is -1.72. The summed E-state index contributed by atoms with van der Waals surface area (Å²) in [6, 6.07) is 13.5. The molecule has 0 aliphatic carbocycles. The van der Waals surface area contributed by atoms with E-state index in [0.717, 1.165) is 39.0 Å².